The maximum Gasteiger partial charge on any atom is 0.223 e. The molecule has 0 aliphatic carbocycles. The number of ether oxygens (including phenoxy) is 1. The summed E-state index contributed by atoms with van der Waals surface area (Å²) in [5.74, 6) is 2.06. The van der Waals surface area contributed by atoms with E-state index in [1.807, 2.05) is 10.9 Å². The maximum atomic E-state index is 12.1. The molecule has 29 heavy (non-hydrogen) atoms. The van der Waals surface area contributed by atoms with Crippen LogP contribution in [-0.2, 0) is 21.5 Å². The number of hydrogen-bond donors (Lipinski definition) is 2. The summed E-state index contributed by atoms with van der Waals surface area (Å²) in [6.07, 6.45) is 3.89. The minimum Gasteiger partial charge on any atom is -0.378 e. The molecule has 1 aliphatic rings. The van der Waals surface area contributed by atoms with Crippen molar-refractivity contribution >= 4 is 5.91 Å². The van der Waals surface area contributed by atoms with E-state index in [2.05, 4.69) is 62.5 Å². The largest absolute Gasteiger partial charge is 0.378 e. The van der Waals surface area contributed by atoms with Gasteiger partial charge in [-0.15, -0.1) is 5.10 Å². The predicted octanol–water partition coefficient (Wildman–Crippen LogP) is 2.62. The Morgan fingerprint density at radius 1 is 1.28 bits per heavy atom. The van der Waals surface area contributed by atoms with Crippen LogP contribution in [0.15, 0.2) is 6.20 Å². The number of nitrogens with one attached hydrogen (secondary N) is 2. The fourth-order valence-electron chi connectivity index (χ4n) is 3.91. The number of hydrogen-bond acceptors (Lipinski definition) is 5. The van der Waals surface area contributed by atoms with Gasteiger partial charge in [-0.2, -0.15) is 0 Å². The van der Waals surface area contributed by atoms with Crippen LogP contribution in [0.2, 0.25) is 0 Å². The Morgan fingerprint density at radius 2 is 1.97 bits per heavy atom. The standard InChI is InChI=1S/C22H41N5O2/c1-16(2)17(3)18(4)22(5,6)20-15-27(26-25-20)12-14-29-13-11-24-21(28)19-7-9-23-10-8-19/h15-19,23H,7-14H2,1-6H3,(H,24,28). The summed E-state index contributed by atoms with van der Waals surface area (Å²) in [6, 6.07) is 0. The molecule has 2 N–H and O–H groups in total. The first-order chi connectivity index (χ1) is 13.7. The van der Waals surface area contributed by atoms with Gasteiger partial charge in [0, 0.05) is 24.1 Å². The number of aromatic nitrogens is 3. The highest BCUT2D eigenvalue weighted by Gasteiger charge is 2.35. The number of piperidine rings is 1. The molecule has 7 nitrogen and oxygen atoms in total. The molecule has 2 atom stereocenters. The molecule has 0 spiro atoms. The van der Waals surface area contributed by atoms with E-state index in [4.69, 9.17) is 4.74 Å². The molecule has 0 bridgehead atoms. The molecule has 2 unspecified atom stereocenters. The second-order valence-corrected chi connectivity index (χ2v) is 9.41. The van der Waals surface area contributed by atoms with Crippen LogP contribution in [0, 0.1) is 23.7 Å². The van der Waals surface area contributed by atoms with Gasteiger partial charge < -0.3 is 15.4 Å². The topological polar surface area (TPSA) is 81.1 Å². The molecule has 2 heterocycles. The summed E-state index contributed by atoms with van der Waals surface area (Å²) in [5.41, 5.74) is 1.01. The predicted molar refractivity (Wildman–Crippen MR) is 116 cm³/mol. The second-order valence-electron chi connectivity index (χ2n) is 9.41. The van der Waals surface area contributed by atoms with Crippen molar-refractivity contribution in [3.8, 4) is 0 Å². The highest BCUT2D eigenvalue weighted by atomic mass is 16.5. The molecule has 1 saturated heterocycles. The number of carbonyl (C=O) groups excluding carboxylic acids is 1. The SMILES string of the molecule is CC(C)C(C)C(C)C(C)(C)c1cn(CCOCCNC(=O)C2CCNCC2)nn1. The second kappa shape index (κ2) is 11.1. The van der Waals surface area contributed by atoms with E-state index in [1.54, 1.807) is 0 Å². The van der Waals surface area contributed by atoms with Crippen molar-refractivity contribution in [1.29, 1.82) is 0 Å². The van der Waals surface area contributed by atoms with Gasteiger partial charge in [-0.3, -0.25) is 4.79 Å². The van der Waals surface area contributed by atoms with Crippen LogP contribution < -0.4 is 10.6 Å². The molecule has 2 rings (SSSR count). The summed E-state index contributed by atoms with van der Waals surface area (Å²) >= 11 is 0. The number of nitrogens with zero attached hydrogens (tertiary/aromatic N) is 3. The molecule has 1 fully saturated rings. The normalized spacial score (nSPS) is 18.0. The molecule has 1 aliphatic heterocycles. The molecule has 166 valence electrons. The van der Waals surface area contributed by atoms with Crippen molar-refractivity contribution in [3.63, 3.8) is 0 Å². The highest BCUT2D eigenvalue weighted by molar-refractivity contribution is 5.78. The quantitative estimate of drug-likeness (QED) is 0.551. The van der Waals surface area contributed by atoms with Crippen LogP contribution in [-0.4, -0.2) is 53.7 Å². The van der Waals surface area contributed by atoms with E-state index in [-0.39, 0.29) is 17.2 Å². The Morgan fingerprint density at radius 3 is 2.62 bits per heavy atom. The maximum absolute atomic E-state index is 12.1. The Hall–Kier alpha value is -1.47. The Balaban J connectivity index is 1.69. The van der Waals surface area contributed by atoms with Gasteiger partial charge in [-0.1, -0.05) is 46.8 Å². The van der Waals surface area contributed by atoms with Crippen LogP contribution in [0.4, 0.5) is 0 Å². The molecule has 1 aromatic rings. The van der Waals surface area contributed by atoms with Gasteiger partial charge >= 0.3 is 0 Å². The summed E-state index contributed by atoms with van der Waals surface area (Å²) in [6.45, 7) is 17.9. The molecule has 7 heteroatoms. The van der Waals surface area contributed by atoms with Gasteiger partial charge in [0.15, 0.2) is 0 Å². The van der Waals surface area contributed by atoms with Crippen LogP contribution in [0.1, 0.15) is 60.1 Å². The third-order valence-corrected chi connectivity index (χ3v) is 6.90. The van der Waals surface area contributed by atoms with Crippen molar-refractivity contribution in [3.05, 3.63) is 11.9 Å². The summed E-state index contributed by atoms with van der Waals surface area (Å²) in [5, 5.41) is 15.0. The lowest BCUT2D eigenvalue weighted by Crippen LogP contribution is -2.39. The summed E-state index contributed by atoms with van der Waals surface area (Å²) < 4.78 is 7.53. The Kier molecular flexibility index (Phi) is 9.08. The van der Waals surface area contributed by atoms with E-state index in [0.717, 1.165) is 31.6 Å². The first-order valence-electron chi connectivity index (χ1n) is 11.2. The first-order valence-corrected chi connectivity index (χ1v) is 11.2. The average Bonchev–Trinajstić information content (AvgIpc) is 3.19. The lowest BCUT2D eigenvalue weighted by Gasteiger charge is -2.36. The van der Waals surface area contributed by atoms with Crippen molar-refractivity contribution in [2.45, 2.75) is 66.3 Å². The third kappa shape index (κ3) is 6.78. The first kappa shape index (κ1) is 23.8. The van der Waals surface area contributed by atoms with Crippen LogP contribution in [0.3, 0.4) is 0 Å². The van der Waals surface area contributed by atoms with E-state index >= 15 is 0 Å². The zero-order valence-corrected chi connectivity index (χ0v) is 19.2. The molecular formula is C22H41N5O2. The van der Waals surface area contributed by atoms with Gasteiger partial charge in [0.1, 0.15) is 0 Å². The highest BCUT2D eigenvalue weighted by Crippen LogP contribution is 2.37. The molecule has 0 saturated carbocycles. The van der Waals surface area contributed by atoms with E-state index in [1.165, 1.54) is 0 Å². The van der Waals surface area contributed by atoms with Crippen molar-refractivity contribution in [2.75, 3.05) is 32.8 Å². The van der Waals surface area contributed by atoms with Gasteiger partial charge in [-0.25, -0.2) is 4.68 Å². The average molecular weight is 408 g/mol. The number of rotatable bonds is 11. The van der Waals surface area contributed by atoms with Crippen molar-refractivity contribution < 1.29 is 9.53 Å². The van der Waals surface area contributed by atoms with Crippen LogP contribution in [0.25, 0.3) is 0 Å². The monoisotopic (exact) mass is 407 g/mol. The van der Waals surface area contributed by atoms with Gasteiger partial charge in [-0.05, 0) is 43.7 Å². The fraction of sp³-hybridized carbons (Fsp3) is 0.864. The minimum absolute atomic E-state index is 0.0261. The molecule has 0 aromatic carbocycles. The van der Waals surface area contributed by atoms with Crippen LogP contribution >= 0.6 is 0 Å². The smallest absolute Gasteiger partial charge is 0.223 e. The van der Waals surface area contributed by atoms with Gasteiger partial charge in [0.05, 0.1) is 25.5 Å². The van der Waals surface area contributed by atoms with Crippen molar-refractivity contribution in [1.82, 2.24) is 25.6 Å². The minimum atomic E-state index is -0.0261. The lowest BCUT2D eigenvalue weighted by atomic mass is 9.69. The lowest BCUT2D eigenvalue weighted by molar-refractivity contribution is -0.126. The Labute approximate surface area is 176 Å². The Bertz CT molecular complexity index is 622. The van der Waals surface area contributed by atoms with Crippen molar-refractivity contribution in [2.24, 2.45) is 23.7 Å². The van der Waals surface area contributed by atoms with Crippen LogP contribution in [0.5, 0.6) is 0 Å². The van der Waals surface area contributed by atoms with E-state index in [9.17, 15) is 4.79 Å². The number of amides is 1. The fourth-order valence-corrected chi connectivity index (χ4v) is 3.91. The van der Waals surface area contributed by atoms with Gasteiger partial charge in [0.25, 0.3) is 0 Å². The van der Waals surface area contributed by atoms with E-state index < -0.39 is 0 Å². The summed E-state index contributed by atoms with van der Waals surface area (Å²) in [4.78, 5) is 12.1. The molecule has 1 aromatic heterocycles. The zero-order chi connectivity index (χ0) is 21.4. The zero-order valence-electron chi connectivity index (χ0n) is 19.2. The molecule has 0 radical (unpaired) electrons. The molecule has 1 amide bonds. The number of carbonyl (C=O) groups is 1. The molecular weight excluding hydrogens is 366 g/mol. The van der Waals surface area contributed by atoms with E-state index in [0.29, 0.717) is 44.1 Å². The van der Waals surface area contributed by atoms with Gasteiger partial charge in [0.2, 0.25) is 5.91 Å². The third-order valence-electron chi connectivity index (χ3n) is 6.90. The summed E-state index contributed by atoms with van der Waals surface area (Å²) in [7, 11) is 0.